The normalized spacial score (nSPS) is 21.5. The van der Waals surface area contributed by atoms with E-state index >= 15 is 0 Å². The molecule has 0 fully saturated rings. The third-order valence-electron chi connectivity index (χ3n) is 5.97. The molecule has 6 rings (SSSR count). The van der Waals surface area contributed by atoms with Gasteiger partial charge in [0.1, 0.15) is 0 Å². The van der Waals surface area contributed by atoms with E-state index in [-0.39, 0.29) is 29.3 Å². The second-order valence-corrected chi connectivity index (χ2v) is 7.43. The SMILES string of the molecule is O=C(Nc1cccc([N+](=O)[O-])c1)[C@H]1CC2c3ccccc3C1c1ccccc12. The molecule has 0 saturated heterocycles. The molecule has 0 unspecified atom stereocenters. The van der Waals surface area contributed by atoms with Crippen LogP contribution in [0.4, 0.5) is 11.4 Å². The smallest absolute Gasteiger partial charge is 0.271 e. The first-order valence-corrected chi connectivity index (χ1v) is 9.36. The van der Waals surface area contributed by atoms with Crippen LogP contribution in [0.5, 0.6) is 0 Å². The zero-order valence-electron chi connectivity index (χ0n) is 15.0. The summed E-state index contributed by atoms with van der Waals surface area (Å²) in [5.74, 6) is -0.0667. The van der Waals surface area contributed by atoms with Crippen molar-refractivity contribution in [1.29, 1.82) is 0 Å². The third-order valence-corrected chi connectivity index (χ3v) is 5.97. The first-order chi connectivity index (χ1) is 13.6. The molecule has 0 aromatic heterocycles. The van der Waals surface area contributed by atoms with Gasteiger partial charge in [0.05, 0.1) is 10.8 Å². The molecule has 1 amide bonds. The number of rotatable bonds is 3. The number of nitrogens with zero attached hydrogens (tertiary/aromatic N) is 1. The van der Waals surface area contributed by atoms with Crippen molar-refractivity contribution in [2.75, 3.05) is 5.32 Å². The molecule has 5 heteroatoms. The van der Waals surface area contributed by atoms with Crippen LogP contribution in [0.3, 0.4) is 0 Å². The number of hydrogen-bond donors (Lipinski definition) is 1. The second-order valence-electron chi connectivity index (χ2n) is 7.43. The maximum atomic E-state index is 13.2. The van der Waals surface area contributed by atoms with Crippen molar-refractivity contribution in [2.45, 2.75) is 18.3 Å². The van der Waals surface area contributed by atoms with Crippen LogP contribution in [-0.2, 0) is 4.79 Å². The van der Waals surface area contributed by atoms with Gasteiger partial charge in [-0.2, -0.15) is 0 Å². The van der Waals surface area contributed by atoms with Gasteiger partial charge in [0.15, 0.2) is 0 Å². The van der Waals surface area contributed by atoms with E-state index in [0.29, 0.717) is 5.69 Å². The van der Waals surface area contributed by atoms with Crippen LogP contribution in [-0.4, -0.2) is 10.8 Å². The third kappa shape index (κ3) is 2.51. The van der Waals surface area contributed by atoms with Gasteiger partial charge < -0.3 is 5.32 Å². The zero-order valence-corrected chi connectivity index (χ0v) is 15.0. The molecule has 2 bridgehead atoms. The Labute approximate surface area is 162 Å². The summed E-state index contributed by atoms with van der Waals surface area (Å²) in [6.07, 6.45) is 0.749. The van der Waals surface area contributed by atoms with E-state index in [0.717, 1.165) is 6.42 Å². The highest BCUT2D eigenvalue weighted by atomic mass is 16.6. The Morgan fingerprint density at radius 3 is 2.11 bits per heavy atom. The number of carbonyl (C=O) groups is 1. The lowest BCUT2D eigenvalue weighted by Gasteiger charge is -2.44. The van der Waals surface area contributed by atoms with Crippen molar-refractivity contribution < 1.29 is 9.72 Å². The molecule has 0 heterocycles. The summed E-state index contributed by atoms with van der Waals surface area (Å²) in [5, 5.41) is 13.9. The Morgan fingerprint density at radius 1 is 0.893 bits per heavy atom. The lowest BCUT2D eigenvalue weighted by molar-refractivity contribution is -0.384. The van der Waals surface area contributed by atoms with Crippen LogP contribution in [0.25, 0.3) is 0 Å². The molecule has 0 spiro atoms. The first-order valence-electron chi connectivity index (χ1n) is 9.36. The zero-order chi connectivity index (χ0) is 19.3. The lowest BCUT2D eigenvalue weighted by atomic mass is 9.59. The van der Waals surface area contributed by atoms with Gasteiger partial charge in [-0.15, -0.1) is 0 Å². The predicted octanol–water partition coefficient (Wildman–Crippen LogP) is 4.83. The predicted molar refractivity (Wildman–Crippen MR) is 106 cm³/mol. The molecule has 3 aliphatic rings. The molecular weight excluding hydrogens is 352 g/mol. The standard InChI is InChI=1S/C23H18N2O3/c26-23(24-14-6-5-7-15(12-14)25(27)28)21-13-20-16-8-1-3-10-18(16)22(21)19-11-4-2-9-17(19)20/h1-12,20-22H,13H2,(H,24,26)/t20?,21-,22?/m0/s1. The van der Waals surface area contributed by atoms with Gasteiger partial charge in [-0.1, -0.05) is 54.6 Å². The van der Waals surface area contributed by atoms with Gasteiger partial charge in [-0.25, -0.2) is 0 Å². The first kappa shape index (κ1) is 16.7. The van der Waals surface area contributed by atoms with E-state index in [1.807, 2.05) is 12.1 Å². The van der Waals surface area contributed by atoms with Crippen molar-refractivity contribution in [3.8, 4) is 0 Å². The quantitative estimate of drug-likeness (QED) is 0.530. The fourth-order valence-corrected chi connectivity index (χ4v) is 4.83. The molecule has 138 valence electrons. The molecule has 0 saturated carbocycles. The fraction of sp³-hybridized carbons (Fsp3) is 0.174. The molecule has 1 atom stereocenters. The summed E-state index contributed by atoms with van der Waals surface area (Å²) >= 11 is 0. The summed E-state index contributed by atoms with van der Waals surface area (Å²) < 4.78 is 0. The minimum Gasteiger partial charge on any atom is -0.326 e. The number of non-ortho nitro benzene ring substituents is 1. The van der Waals surface area contributed by atoms with E-state index < -0.39 is 4.92 Å². The Morgan fingerprint density at radius 2 is 1.50 bits per heavy atom. The van der Waals surface area contributed by atoms with Crippen molar-refractivity contribution >= 4 is 17.3 Å². The van der Waals surface area contributed by atoms with Gasteiger partial charge in [0.2, 0.25) is 5.91 Å². The minimum atomic E-state index is -0.454. The average Bonchev–Trinajstić information content (AvgIpc) is 2.74. The van der Waals surface area contributed by atoms with Crippen LogP contribution in [0.1, 0.15) is 40.5 Å². The number of anilines is 1. The molecular formula is C23H18N2O3. The Balaban J connectivity index is 1.51. The summed E-state index contributed by atoms with van der Waals surface area (Å²) in [6, 6.07) is 22.8. The highest BCUT2D eigenvalue weighted by Crippen LogP contribution is 2.55. The molecule has 3 aromatic carbocycles. The summed E-state index contributed by atoms with van der Waals surface area (Å²) in [6.45, 7) is 0. The number of nitro groups is 1. The van der Waals surface area contributed by atoms with E-state index in [9.17, 15) is 14.9 Å². The number of hydrogen-bond acceptors (Lipinski definition) is 3. The molecule has 0 aliphatic heterocycles. The van der Waals surface area contributed by atoms with E-state index in [4.69, 9.17) is 0 Å². The lowest BCUT2D eigenvalue weighted by Crippen LogP contribution is -2.38. The topological polar surface area (TPSA) is 72.2 Å². The maximum Gasteiger partial charge on any atom is 0.271 e. The number of benzene rings is 3. The van der Waals surface area contributed by atoms with Crippen LogP contribution in [0.15, 0.2) is 72.8 Å². The molecule has 28 heavy (non-hydrogen) atoms. The van der Waals surface area contributed by atoms with Crippen molar-refractivity contribution in [3.05, 3.63) is 105 Å². The molecule has 5 nitrogen and oxygen atoms in total. The van der Waals surface area contributed by atoms with Gasteiger partial charge in [0, 0.05) is 29.7 Å². The molecule has 3 aromatic rings. The largest absolute Gasteiger partial charge is 0.326 e. The van der Waals surface area contributed by atoms with Crippen molar-refractivity contribution in [3.63, 3.8) is 0 Å². The molecule has 0 radical (unpaired) electrons. The number of nitrogens with one attached hydrogen (secondary N) is 1. The van der Waals surface area contributed by atoms with Gasteiger partial charge in [0.25, 0.3) is 5.69 Å². The number of amides is 1. The molecule has 3 aliphatic carbocycles. The van der Waals surface area contributed by atoms with E-state index in [2.05, 4.69) is 41.7 Å². The fourth-order valence-electron chi connectivity index (χ4n) is 4.83. The summed E-state index contributed by atoms with van der Waals surface area (Å²) in [5.41, 5.74) is 5.49. The van der Waals surface area contributed by atoms with Crippen molar-refractivity contribution in [2.24, 2.45) is 5.92 Å². The molecule has 1 N–H and O–H groups in total. The summed E-state index contributed by atoms with van der Waals surface area (Å²) in [7, 11) is 0. The van der Waals surface area contributed by atoms with Gasteiger partial charge in [-0.05, 0) is 34.7 Å². The average molecular weight is 370 g/mol. The Hall–Kier alpha value is -3.47. The minimum absolute atomic E-state index is 0.0103. The van der Waals surface area contributed by atoms with Gasteiger partial charge >= 0.3 is 0 Å². The second kappa shape index (κ2) is 6.30. The summed E-state index contributed by atoms with van der Waals surface area (Å²) in [4.78, 5) is 23.7. The highest BCUT2D eigenvalue weighted by molar-refractivity contribution is 5.94. The van der Waals surface area contributed by atoms with Crippen LogP contribution in [0, 0.1) is 16.0 Å². The van der Waals surface area contributed by atoms with Gasteiger partial charge in [-0.3, -0.25) is 14.9 Å². The monoisotopic (exact) mass is 370 g/mol. The highest BCUT2D eigenvalue weighted by Gasteiger charge is 2.45. The van der Waals surface area contributed by atoms with Crippen LogP contribution < -0.4 is 5.32 Å². The van der Waals surface area contributed by atoms with Crippen molar-refractivity contribution in [1.82, 2.24) is 0 Å². The van der Waals surface area contributed by atoms with Crippen LogP contribution >= 0.6 is 0 Å². The Bertz CT molecular complexity index is 1060. The Kier molecular flexibility index (Phi) is 3.76. The number of carbonyl (C=O) groups excluding carboxylic acids is 1. The van der Waals surface area contributed by atoms with Crippen LogP contribution in [0.2, 0.25) is 0 Å². The van der Waals surface area contributed by atoms with E-state index in [1.165, 1.54) is 34.4 Å². The number of nitro benzene ring substituents is 1. The maximum absolute atomic E-state index is 13.2. The van der Waals surface area contributed by atoms with E-state index in [1.54, 1.807) is 12.1 Å². The number of fused-ring (bicyclic) bond motifs is 1.